The molecule has 0 fully saturated rings. The van der Waals surface area contributed by atoms with E-state index in [4.69, 9.17) is 41.0 Å². The molecule has 1 N–H and O–H groups in total. The van der Waals surface area contributed by atoms with Crippen LogP contribution in [0.25, 0.3) is 21.7 Å². The van der Waals surface area contributed by atoms with Crippen LogP contribution in [0.2, 0.25) is 0 Å². The van der Waals surface area contributed by atoms with Crippen molar-refractivity contribution in [3.63, 3.8) is 0 Å². The van der Waals surface area contributed by atoms with E-state index < -0.39 is 5.50 Å². The number of aliphatic imine (C=N–C) groups is 1. The molecule has 11 heteroatoms. The molecular formula is C23H26ClN7O2S. The van der Waals surface area contributed by atoms with E-state index in [1.54, 1.807) is 0 Å². The Balaban J connectivity index is 1.87. The highest BCUT2D eigenvalue weighted by Crippen LogP contribution is 2.50. The molecular weight excluding hydrogens is 474 g/mol. The van der Waals surface area contributed by atoms with Gasteiger partial charge in [-0.2, -0.15) is 4.98 Å². The van der Waals surface area contributed by atoms with Gasteiger partial charge in [0, 0.05) is 45.9 Å². The Morgan fingerprint density at radius 3 is 2.65 bits per heavy atom. The van der Waals surface area contributed by atoms with Crippen LogP contribution in [0.4, 0.5) is 10.9 Å². The zero-order chi connectivity index (χ0) is 24.0. The smallest absolute Gasteiger partial charge is 0.231 e. The van der Waals surface area contributed by atoms with E-state index in [0.29, 0.717) is 29.7 Å². The maximum absolute atomic E-state index is 6.91. The molecule has 0 amide bonds. The maximum atomic E-state index is 6.91. The number of ether oxygens (including phenoxy) is 2. The summed E-state index contributed by atoms with van der Waals surface area (Å²) in [6.45, 7) is 2.96. The first kappa shape index (κ1) is 22.7. The number of anilines is 2. The van der Waals surface area contributed by atoms with Crippen LogP contribution in [-0.2, 0) is 0 Å². The van der Waals surface area contributed by atoms with E-state index in [9.17, 15) is 0 Å². The van der Waals surface area contributed by atoms with Crippen LogP contribution in [0.5, 0.6) is 11.5 Å². The topological polar surface area (TPSA) is 87.5 Å². The van der Waals surface area contributed by atoms with Gasteiger partial charge >= 0.3 is 0 Å². The molecule has 0 spiro atoms. The summed E-state index contributed by atoms with van der Waals surface area (Å²) in [6, 6.07) is 5.89. The van der Waals surface area contributed by atoms with Crippen molar-refractivity contribution in [2.24, 2.45) is 9.98 Å². The molecule has 0 saturated carbocycles. The molecule has 1 aromatic rings. The van der Waals surface area contributed by atoms with E-state index in [1.165, 1.54) is 11.3 Å². The van der Waals surface area contributed by atoms with Gasteiger partial charge in [0.25, 0.3) is 0 Å². The number of nitrogens with zero attached hydrogens (tertiary/aromatic N) is 6. The predicted octanol–water partition coefficient (Wildman–Crippen LogP) is 4.00. The first-order chi connectivity index (χ1) is 16.4. The number of aromatic nitrogens is 2. The van der Waals surface area contributed by atoms with Gasteiger partial charge in [0.05, 0.1) is 5.56 Å². The number of hydrogen-bond acceptors (Lipinski definition) is 10. The molecule has 0 aliphatic carbocycles. The lowest BCUT2D eigenvalue weighted by atomic mass is 9.95. The number of benzene rings is 1. The Morgan fingerprint density at radius 2 is 1.91 bits per heavy atom. The zero-order valence-electron chi connectivity index (χ0n) is 19.7. The lowest BCUT2D eigenvalue weighted by Gasteiger charge is -2.29. The molecule has 34 heavy (non-hydrogen) atoms. The SMILES string of the molecule is CCCN=c1nc(N(C)C)nc2sc3c(c(-c4ccc5c(c4)OCO5)c1-2)C(Cl)N=C(N(C)C)N3. The molecule has 0 bridgehead atoms. The van der Waals surface area contributed by atoms with E-state index in [1.807, 2.05) is 56.2 Å². The lowest BCUT2D eigenvalue weighted by molar-refractivity contribution is 0.174. The summed E-state index contributed by atoms with van der Waals surface area (Å²) >= 11 is 8.44. The fraction of sp³-hybridized carbons (Fsp3) is 0.391. The van der Waals surface area contributed by atoms with E-state index in [2.05, 4.69) is 12.2 Å². The van der Waals surface area contributed by atoms with Gasteiger partial charge in [0.1, 0.15) is 10.0 Å². The van der Waals surface area contributed by atoms with Crippen LogP contribution >= 0.6 is 22.9 Å². The van der Waals surface area contributed by atoms with E-state index in [0.717, 1.165) is 44.4 Å². The van der Waals surface area contributed by atoms with Crippen LogP contribution < -0.4 is 25.2 Å². The van der Waals surface area contributed by atoms with Gasteiger partial charge in [-0.3, -0.25) is 4.99 Å². The van der Waals surface area contributed by atoms with Crippen molar-refractivity contribution in [2.75, 3.05) is 51.7 Å². The number of hydrogen-bond donors (Lipinski definition) is 1. The predicted molar refractivity (Wildman–Crippen MR) is 136 cm³/mol. The molecule has 4 aliphatic heterocycles. The van der Waals surface area contributed by atoms with Crippen molar-refractivity contribution in [3.8, 4) is 33.2 Å². The average molecular weight is 500 g/mol. The van der Waals surface area contributed by atoms with Gasteiger partial charge in [0.2, 0.25) is 12.7 Å². The third-order valence-corrected chi connectivity index (χ3v) is 6.81. The van der Waals surface area contributed by atoms with Gasteiger partial charge in [0.15, 0.2) is 28.4 Å². The molecule has 0 aromatic heterocycles. The highest BCUT2D eigenvalue weighted by Gasteiger charge is 2.32. The minimum Gasteiger partial charge on any atom is -0.454 e. The van der Waals surface area contributed by atoms with Crippen molar-refractivity contribution in [1.29, 1.82) is 0 Å². The summed E-state index contributed by atoms with van der Waals surface area (Å²) in [5.74, 6) is 2.71. The minimum atomic E-state index is -0.595. The molecule has 1 atom stereocenters. The molecule has 178 valence electrons. The zero-order valence-corrected chi connectivity index (χ0v) is 21.3. The summed E-state index contributed by atoms with van der Waals surface area (Å²) in [7, 11) is 7.71. The lowest BCUT2D eigenvalue weighted by Crippen LogP contribution is -2.33. The molecule has 0 saturated heterocycles. The molecule has 9 nitrogen and oxygen atoms in total. The number of halogens is 1. The summed E-state index contributed by atoms with van der Waals surface area (Å²) in [5, 5.41) is 5.15. The number of rotatable bonds is 4. The Bertz CT molecular complexity index is 1320. The van der Waals surface area contributed by atoms with Crippen molar-refractivity contribution in [3.05, 3.63) is 29.3 Å². The van der Waals surface area contributed by atoms with Crippen LogP contribution in [0.3, 0.4) is 0 Å². The standard InChI is InChI=1S/C23H26ClN7O2S/c1-6-9-25-19-17-15(12-7-8-13-14(10-12)33-11-32-13)16-18(24)26-22(30(2)3)28-20(16)34-21(17)29-23(27-19)31(4)5/h7-8,10,18H,6,9,11H2,1-5H3,(H,26,28). The number of guanidine groups is 1. The number of nitrogens with one attached hydrogen (secondary N) is 1. The van der Waals surface area contributed by atoms with E-state index >= 15 is 0 Å². The van der Waals surface area contributed by atoms with Crippen LogP contribution in [0, 0.1) is 0 Å². The summed E-state index contributed by atoms with van der Waals surface area (Å²) in [4.78, 5) is 23.0. The number of fused-ring (bicyclic) bond motifs is 3. The van der Waals surface area contributed by atoms with Crippen LogP contribution in [0.1, 0.15) is 24.4 Å². The first-order valence-electron chi connectivity index (χ1n) is 11.0. The third kappa shape index (κ3) is 3.90. The minimum absolute atomic E-state index is 0.205. The van der Waals surface area contributed by atoms with Crippen molar-refractivity contribution < 1.29 is 9.47 Å². The van der Waals surface area contributed by atoms with Crippen molar-refractivity contribution >= 4 is 39.8 Å². The Morgan fingerprint density at radius 1 is 1.12 bits per heavy atom. The second-order valence-electron chi connectivity index (χ2n) is 8.40. The monoisotopic (exact) mass is 499 g/mol. The molecule has 4 heterocycles. The normalized spacial score (nSPS) is 16.8. The maximum Gasteiger partial charge on any atom is 0.231 e. The van der Waals surface area contributed by atoms with Gasteiger partial charge in [-0.1, -0.05) is 35.9 Å². The van der Waals surface area contributed by atoms with Gasteiger partial charge in [-0.05, 0) is 24.1 Å². The highest BCUT2D eigenvalue weighted by atomic mass is 35.5. The fourth-order valence-corrected chi connectivity index (χ4v) is 5.30. The largest absolute Gasteiger partial charge is 0.454 e. The van der Waals surface area contributed by atoms with Gasteiger partial charge in [-0.25, -0.2) is 9.98 Å². The van der Waals surface area contributed by atoms with Gasteiger partial charge in [-0.15, -0.1) is 0 Å². The average Bonchev–Trinajstić information content (AvgIpc) is 3.28. The molecule has 0 radical (unpaired) electrons. The summed E-state index contributed by atoms with van der Waals surface area (Å²) in [6.07, 6.45) is 0.909. The Hall–Kier alpha value is -3.11. The fourth-order valence-electron chi connectivity index (χ4n) is 3.85. The van der Waals surface area contributed by atoms with Crippen molar-refractivity contribution in [1.82, 2.24) is 14.9 Å². The second-order valence-corrected chi connectivity index (χ2v) is 9.81. The second kappa shape index (κ2) is 8.92. The molecule has 5 rings (SSSR count). The Labute approximate surface area is 207 Å². The third-order valence-electron chi connectivity index (χ3n) is 5.48. The van der Waals surface area contributed by atoms with Crippen LogP contribution in [-0.4, -0.2) is 62.4 Å². The molecule has 1 aromatic carbocycles. The molecule has 1 unspecified atom stereocenters. The van der Waals surface area contributed by atoms with Crippen molar-refractivity contribution in [2.45, 2.75) is 18.8 Å². The summed E-state index contributed by atoms with van der Waals surface area (Å²) < 4.78 is 11.2. The van der Waals surface area contributed by atoms with E-state index in [-0.39, 0.29) is 6.79 Å². The number of alkyl halides is 1. The quantitative estimate of drug-likeness (QED) is 0.429. The molecule has 4 aliphatic rings. The first-order valence-corrected chi connectivity index (χ1v) is 12.3. The van der Waals surface area contributed by atoms with Gasteiger partial charge < -0.3 is 24.6 Å². The Kier molecular flexibility index (Phi) is 5.95. The summed E-state index contributed by atoms with van der Waals surface area (Å²) in [5.41, 5.74) is 3.60. The van der Waals surface area contributed by atoms with Crippen LogP contribution in [0.15, 0.2) is 28.2 Å². The highest BCUT2D eigenvalue weighted by molar-refractivity contribution is 7.19.